The van der Waals surface area contributed by atoms with Crippen LogP contribution in [0.3, 0.4) is 0 Å². The van der Waals surface area contributed by atoms with Crippen molar-refractivity contribution in [1.29, 1.82) is 0 Å². The summed E-state index contributed by atoms with van der Waals surface area (Å²) in [6.45, 7) is 3.58. The average Bonchev–Trinajstić information content (AvgIpc) is 2.47. The minimum Gasteiger partial charge on any atom is -0.267 e. The van der Waals surface area contributed by atoms with Crippen LogP contribution in [0.25, 0.3) is 0 Å². The lowest BCUT2D eigenvalue weighted by atomic mass is 10.1. The monoisotopic (exact) mass is 297 g/mol. The Labute approximate surface area is 127 Å². The van der Waals surface area contributed by atoms with Crippen LogP contribution in [0.2, 0.25) is 0 Å². The number of nitrogens with zero attached hydrogens (tertiary/aromatic N) is 2. The van der Waals surface area contributed by atoms with E-state index in [-0.39, 0.29) is 11.3 Å². The zero-order valence-electron chi connectivity index (χ0n) is 12.2. The van der Waals surface area contributed by atoms with Crippen molar-refractivity contribution in [2.24, 2.45) is 5.10 Å². The highest BCUT2D eigenvalue weighted by Crippen LogP contribution is 2.19. The maximum Gasteiger partial charge on any atom is 0.273 e. The minimum absolute atomic E-state index is 0.0877. The molecule has 0 aliphatic rings. The maximum absolute atomic E-state index is 11.9. The van der Waals surface area contributed by atoms with Crippen LogP contribution in [0.4, 0.5) is 5.69 Å². The van der Waals surface area contributed by atoms with E-state index in [0.717, 1.165) is 11.1 Å². The molecule has 6 heteroatoms. The largest absolute Gasteiger partial charge is 0.273 e. The highest BCUT2D eigenvalue weighted by molar-refractivity contribution is 5.95. The molecule has 2 rings (SSSR count). The molecule has 0 aliphatic carbocycles. The first-order chi connectivity index (χ1) is 10.5. The van der Waals surface area contributed by atoms with Gasteiger partial charge in [0.15, 0.2) is 0 Å². The van der Waals surface area contributed by atoms with Gasteiger partial charge in [-0.15, -0.1) is 0 Å². The van der Waals surface area contributed by atoms with Gasteiger partial charge in [0, 0.05) is 17.2 Å². The Kier molecular flexibility index (Phi) is 4.63. The van der Waals surface area contributed by atoms with Gasteiger partial charge in [-0.2, -0.15) is 5.10 Å². The summed E-state index contributed by atoms with van der Waals surface area (Å²) in [5.41, 5.74) is 4.91. The third kappa shape index (κ3) is 3.76. The highest BCUT2D eigenvalue weighted by atomic mass is 16.6. The predicted molar refractivity (Wildman–Crippen MR) is 84.1 cm³/mol. The summed E-state index contributed by atoms with van der Waals surface area (Å²) in [5.74, 6) is -0.494. The van der Waals surface area contributed by atoms with E-state index < -0.39 is 10.8 Å². The van der Waals surface area contributed by atoms with E-state index in [1.807, 2.05) is 31.2 Å². The number of nitro benzene ring substituents is 1. The Morgan fingerprint density at radius 3 is 2.68 bits per heavy atom. The van der Waals surface area contributed by atoms with E-state index in [1.54, 1.807) is 6.92 Å². The van der Waals surface area contributed by atoms with Crippen LogP contribution in [-0.4, -0.2) is 17.0 Å². The van der Waals surface area contributed by atoms with Gasteiger partial charge in [-0.3, -0.25) is 14.9 Å². The van der Waals surface area contributed by atoms with Crippen molar-refractivity contribution < 1.29 is 9.72 Å². The van der Waals surface area contributed by atoms with Crippen LogP contribution in [-0.2, 0) is 0 Å². The number of carbonyl (C=O) groups is 1. The molecule has 0 radical (unpaired) electrons. The summed E-state index contributed by atoms with van der Waals surface area (Å²) in [7, 11) is 0. The fourth-order valence-corrected chi connectivity index (χ4v) is 1.93. The molecule has 112 valence electrons. The smallest absolute Gasteiger partial charge is 0.267 e. The summed E-state index contributed by atoms with van der Waals surface area (Å²) < 4.78 is 0. The molecule has 2 aromatic rings. The zero-order chi connectivity index (χ0) is 16.1. The Morgan fingerprint density at radius 2 is 2.00 bits per heavy atom. The molecule has 1 amide bonds. The van der Waals surface area contributed by atoms with Crippen LogP contribution in [0.5, 0.6) is 0 Å². The molecular formula is C16H15N3O3. The number of benzene rings is 2. The standard InChI is InChI=1S/C16H15N3O3/c1-11-4-3-5-13(8-11)10-17-18-16(20)14-7-6-12(2)15(9-14)19(21)22/h3-10H,1-2H3,(H,18,20)/b17-10+. The first-order valence-corrected chi connectivity index (χ1v) is 6.62. The van der Waals surface area contributed by atoms with Gasteiger partial charge >= 0.3 is 0 Å². The van der Waals surface area contributed by atoms with E-state index >= 15 is 0 Å². The number of rotatable bonds is 4. The maximum atomic E-state index is 11.9. The Morgan fingerprint density at radius 1 is 1.23 bits per heavy atom. The molecular weight excluding hydrogens is 282 g/mol. The third-order valence-corrected chi connectivity index (χ3v) is 3.09. The normalized spacial score (nSPS) is 10.6. The van der Waals surface area contributed by atoms with Gasteiger partial charge in [0.2, 0.25) is 0 Å². The van der Waals surface area contributed by atoms with Crippen molar-refractivity contribution >= 4 is 17.8 Å². The number of nitrogens with one attached hydrogen (secondary N) is 1. The number of nitro groups is 1. The van der Waals surface area contributed by atoms with Gasteiger partial charge in [-0.05, 0) is 25.5 Å². The molecule has 0 spiro atoms. The molecule has 1 N–H and O–H groups in total. The van der Waals surface area contributed by atoms with Crippen molar-refractivity contribution in [1.82, 2.24) is 5.43 Å². The molecule has 6 nitrogen and oxygen atoms in total. The van der Waals surface area contributed by atoms with E-state index in [4.69, 9.17) is 0 Å². The molecule has 0 fully saturated rings. The topological polar surface area (TPSA) is 84.6 Å². The summed E-state index contributed by atoms with van der Waals surface area (Å²) in [6, 6.07) is 11.9. The molecule has 0 bridgehead atoms. The van der Waals surface area contributed by atoms with Crippen LogP contribution in [0.1, 0.15) is 27.0 Å². The second-order valence-corrected chi connectivity index (χ2v) is 4.87. The second-order valence-electron chi connectivity index (χ2n) is 4.87. The first kappa shape index (κ1) is 15.4. The average molecular weight is 297 g/mol. The molecule has 22 heavy (non-hydrogen) atoms. The fraction of sp³-hybridized carbons (Fsp3) is 0.125. The lowest BCUT2D eigenvalue weighted by molar-refractivity contribution is -0.385. The van der Waals surface area contributed by atoms with Crippen molar-refractivity contribution in [2.75, 3.05) is 0 Å². The lowest BCUT2D eigenvalue weighted by Gasteiger charge is -2.02. The summed E-state index contributed by atoms with van der Waals surface area (Å²) in [5, 5.41) is 14.7. The summed E-state index contributed by atoms with van der Waals surface area (Å²) in [4.78, 5) is 22.3. The Bertz CT molecular complexity index is 754. The van der Waals surface area contributed by atoms with Crippen molar-refractivity contribution in [3.05, 3.63) is 74.8 Å². The van der Waals surface area contributed by atoms with Gasteiger partial charge in [0.1, 0.15) is 0 Å². The lowest BCUT2D eigenvalue weighted by Crippen LogP contribution is -2.17. The van der Waals surface area contributed by atoms with Crippen LogP contribution < -0.4 is 5.43 Å². The highest BCUT2D eigenvalue weighted by Gasteiger charge is 2.14. The van der Waals surface area contributed by atoms with Crippen molar-refractivity contribution in [3.8, 4) is 0 Å². The number of hydrogen-bond acceptors (Lipinski definition) is 4. The molecule has 0 heterocycles. The van der Waals surface area contributed by atoms with E-state index in [1.165, 1.54) is 24.4 Å². The van der Waals surface area contributed by atoms with Gasteiger partial charge < -0.3 is 0 Å². The van der Waals surface area contributed by atoms with Gasteiger partial charge in [-0.25, -0.2) is 5.43 Å². The molecule has 0 aromatic heterocycles. The molecule has 0 atom stereocenters. The van der Waals surface area contributed by atoms with Gasteiger partial charge in [0.05, 0.1) is 11.1 Å². The Hall–Kier alpha value is -3.02. The van der Waals surface area contributed by atoms with E-state index in [0.29, 0.717) is 5.56 Å². The molecule has 0 saturated heterocycles. The fourth-order valence-electron chi connectivity index (χ4n) is 1.93. The third-order valence-electron chi connectivity index (χ3n) is 3.09. The number of hydrazone groups is 1. The van der Waals surface area contributed by atoms with Gasteiger partial charge in [-0.1, -0.05) is 35.9 Å². The van der Waals surface area contributed by atoms with Gasteiger partial charge in [0.25, 0.3) is 11.6 Å². The van der Waals surface area contributed by atoms with Crippen LogP contribution >= 0.6 is 0 Å². The second kappa shape index (κ2) is 6.62. The van der Waals surface area contributed by atoms with E-state index in [2.05, 4.69) is 10.5 Å². The number of amides is 1. The Balaban J connectivity index is 2.09. The number of hydrogen-bond donors (Lipinski definition) is 1. The van der Waals surface area contributed by atoms with Crippen molar-refractivity contribution in [3.63, 3.8) is 0 Å². The van der Waals surface area contributed by atoms with Crippen LogP contribution in [0.15, 0.2) is 47.6 Å². The number of carbonyl (C=O) groups excluding carboxylic acids is 1. The SMILES string of the molecule is Cc1cccc(/C=N/NC(=O)c2ccc(C)c([N+](=O)[O-])c2)c1. The van der Waals surface area contributed by atoms with Crippen LogP contribution in [0, 0.1) is 24.0 Å². The summed E-state index contributed by atoms with van der Waals surface area (Å²) in [6.07, 6.45) is 1.52. The molecule has 0 unspecified atom stereocenters. The number of aryl methyl sites for hydroxylation is 2. The summed E-state index contributed by atoms with van der Waals surface area (Å²) >= 11 is 0. The molecule has 2 aromatic carbocycles. The first-order valence-electron chi connectivity index (χ1n) is 6.62. The zero-order valence-corrected chi connectivity index (χ0v) is 12.2. The van der Waals surface area contributed by atoms with Crippen molar-refractivity contribution in [2.45, 2.75) is 13.8 Å². The van der Waals surface area contributed by atoms with E-state index in [9.17, 15) is 14.9 Å². The molecule has 0 aliphatic heterocycles. The minimum atomic E-state index is -0.512. The predicted octanol–water partition coefficient (Wildman–Crippen LogP) is 2.98. The quantitative estimate of drug-likeness (QED) is 0.535. The molecule has 0 saturated carbocycles.